The molecule has 250 valence electrons. The van der Waals surface area contributed by atoms with E-state index in [-0.39, 0.29) is 10.8 Å². The highest BCUT2D eigenvalue weighted by atomic mass is 14.5. The van der Waals surface area contributed by atoms with Gasteiger partial charge in [0, 0.05) is 10.8 Å². The first-order valence-corrected chi connectivity index (χ1v) is 19.3. The van der Waals surface area contributed by atoms with E-state index in [1.54, 1.807) is 0 Å². The Bertz CT molecular complexity index is 1980. The van der Waals surface area contributed by atoms with Crippen molar-refractivity contribution in [3.05, 3.63) is 156 Å². The van der Waals surface area contributed by atoms with Gasteiger partial charge in [0.25, 0.3) is 0 Å². The molecule has 50 heavy (non-hydrogen) atoms. The molecule has 6 aromatic rings. The summed E-state index contributed by atoms with van der Waals surface area (Å²) in [7, 11) is 0. The highest BCUT2D eigenvalue weighted by molar-refractivity contribution is 5.89. The molecular weight excluding hydrogens is 601 g/mol. The molecule has 6 aromatic carbocycles. The molecule has 0 saturated heterocycles. The van der Waals surface area contributed by atoms with Crippen LogP contribution < -0.4 is 0 Å². The summed E-state index contributed by atoms with van der Waals surface area (Å²) in [5, 5.41) is 0. The Morgan fingerprint density at radius 2 is 0.560 bits per heavy atom. The predicted octanol–water partition coefficient (Wildman–Crippen LogP) is 14.4. The van der Waals surface area contributed by atoms with Crippen LogP contribution in [0.4, 0.5) is 0 Å². The summed E-state index contributed by atoms with van der Waals surface area (Å²) in [4.78, 5) is 0. The number of fused-ring (bicyclic) bond motifs is 6. The van der Waals surface area contributed by atoms with Gasteiger partial charge in [-0.1, -0.05) is 163 Å². The van der Waals surface area contributed by atoms with E-state index in [4.69, 9.17) is 0 Å². The lowest BCUT2D eigenvalue weighted by atomic mass is 9.70. The van der Waals surface area contributed by atoms with E-state index in [0.717, 1.165) is 25.7 Å². The average molecular weight is 651 g/mol. The highest BCUT2D eigenvalue weighted by Crippen LogP contribution is 2.57. The van der Waals surface area contributed by atoms with Crippen molar-refractivity contribution in [2.24, 2.45) is 0 Å². The van der Waals surface area contributed by atoms with Crippen LogP contribution in [0.25, 0.3) is 55.6 Å². The molecule has 2 aliphatic carbocycles. The molecule has 0 N–H and O–H groups in total. The average Bonchev–Trinajstić information content (AvgIpc) is 3.58. The second-order valence-electron chi connectivity index (χ2n) is 14.9. The summed E-state index contributed by atoms with van der Waals surface area (Å²) in [6.07, 6.45) is 9.33. The van der Waals surface area contributed by atoms with Gasteiger partial charge in [-0.25, -0.2) is 0 Å². The zero-order valence-electron chi connectivity index (χ0n) is 30.4. The van der Waals surface area contributed by atoms with Gasteiger partial charge in [0.1, 0.15) is 0 Å². The fraction of sp³-hybridized carbons (Fsp3) is 0.280. The first-order chi connectivity index (χ1) is 24.6. The molecule has 0 saturated carbocycles. The quantitative estimate of drug-likeness (QED) is 0.131. The molecule has 0 unspecified atom stereocenters. The lowest BCUT2D eigenvalue weighted by Gasteiger charge is -2.33. The molecule has 0 fully saturated rings. The Kier molecular flexibility index (Phi) is 8.60. The lowest BCUT2D eigenvalue weighted by Crippen LogP contribution is -2.25. The van der Waals surface area contributed by atoms with Crippen molar-refractivity contribution in [2.75, 3.05) is 0 Å². The van der Waals surface area contributed by atoms with Gasteiger partial charge in [0.05, 0.1) is 0 Å². The Balaban J connectivity index is 1.26. The summed E-state index contributed by atoms with van der Waals surface area (Å²) in [6.45, 7) is 9.45. The van der Waals surface area contributed by atoms with E-state index < -0.39 is 0 Å². The maximum absolute atomic E-state index is 2.58. The number of hydrogen-bond acceptors (Lipinski definition) is 0. The Labute approximate surface area is 300 Å². The van der Waals surface area contributed by atoms with Crippen molar-refractivity contribution >= 4 is 0 Å². The lowest BCUT2D eigenvalue weighted by molar-refractivity contribution is 0.435. The van der Waals surface area contributed by atoms with Crippen LogP contribution in [0.2, 0.25) is 0 Å². The topological polar surface area (TPSA) is 0 Å². The summed E-state index contributed by atoms with van der Waals surface area (Å²) in [6, 6.07) is 51.2. The maximum Gasteiger partial charge on any atom is 0.0215 e. The molecule has 2 aliphatic rings. The normalized spacial score (nSPS) is 14.6. The van der Waals surface area contributed by atoms with E-state index >= 15 is 0 Å². The highest BCUT2D eigenvalue weighted by Gasteiger charge is 2.44. The van der Waals surface area contributed by atoms with Crippen LogP contribution in [0, 0.1) is 0 Å². The molecule has 0 atom stereocenters. The molecule has 0 aliphatic heterocycles. The van der Waals surface area contributed by atoms with Crippen LogP contribution in [0.15, 0.2) is 133 Å². The Morgan fingerprint density at radius 3 is 0.820 bits per heavy atom. The van der Waals surface area contributed by atoms with Crippen LogP contribution in [-0.2, 0) is 10.8 Å². The smallest absolute Gasteiger partial charge is 0.0215 e. The SMILES string of the molecule is CCCC1(CCC)c2cc(-c3ccccc3)ccc2-c2ccc(-c3ccc4c(c3)C(CCC)(CCC)c3cc(-c5ccccc5)ccc3-4)cc21. The van der Waals surface area contributed by atoms with Crippen molar-refractivity contribution in [3.8, 4) is 55.6 Å². The van der Waals surface area contributed by atoms with Gasteiger partial charge < -0.3 is 0 Å². The van der Waals surface area contributed by atoms with Crippen LogP contribution >= 0.6 is 0 Å². The number of rotatable bonds is 11. The summed E-state index contributed by atoms with van der Waals surface area (Å²) in [5.41, 5.74) is 19.8. The second kappa shape index (κ2) is 13.2. The van der Waals surface area contributed by atoms with Gasteiger partial charge in [-0.15, -0.1) is 0 Å². The zero-order valence-corrected chi connectivity index (χ0v) is 30.4. The summed E-state index contributed by atoms with van der Waals surface area (Å²) < 4.78 is 0. The third kappa shape index (κ3) is 5.10. The molecular formula is C50H50. The fourth-order valence-corrected chi connectivity index (χ4v) is 10.0. The maximum atomic E-state index is 2.58. The van der Waals surface area contributed by atoms with Crippen molar-refractivity contribution in [1.29, 1.82) is 0 Å². The minimum atomic E-state index is 0.0317. The van der Waals surface area contributed by atoms with Crippen molar-refractivity contribution in [3.63, 3.8) is 0 Å². The minimum Gasteiger partial charge on any atom is -0.0653 e. The van der Waals surface area contributed by atoms with E-state index in [0.29, 0.717) is 0 Å². The second-order valence-corrected chi connectivity index (χ2v) is 14.9. The van der Waals surface area contributed by atoms with Crippen LogP contribution in [0.3, 0.4) is 0 Å². The fourth-order valence-electron chi connectivity index (χ4n) is 10.0. The predicted molar refractivity (Wildman–Crippen MR) is 215 cm³/mol. The van der Waals surface area contributed by atoms with Gasteiger partial charge in [-0.2, -0.15) is 0 Å². The number of benzene rings is 6. The molecule has 0 heterocycles. The largest absolute Gasteiger partial charge is 0.0653 e. The van der Waals surface area contributed by atoms with Gasteiger partial charge in [-0.3, -0.25) is 0 Å². The molecule has 0 bridgehead atoms. The van der Waals surface area contributed by atoms with Crippen molar-refractivity contribution in [2.45, 2.75) is 89.9 Å². The summed E-state index contributed by atoms with van der Waals surface area (Å²) in [5.74, 6) is 0. The first kappa shape index (κ1) is 32.5. The molecule has 0 radical (unpaired) electrons. The van der Waals surface area contributed by atoms with Gasteiger partial charge in [-0.05, 0) is 128 Å². The molecule has 8 rings (SSSR count). The van der Waals surface area contributed by atoms with Crippen molar-refractivity contribution < 1.29 is 0 Å². The van der Waals surface area contributed by atoms with E-state index in [1.807, 2.05) is 0 Å². The molecule has 0 aromatic heterocycles. The van der Waals surface area contributed by atoms with Crippen LogP contribution in [0.5, 0.6) is 0 Å². The summed E-state index contributed by atoms with van der Waals surface area (Å²) >= 11 is 0. The molecule has 0 nitrogen and oxygen atoms in total. The van der Waals surface area contributed by atoms with Gasteiger partial charge >= 0.3 is 0 Å². The Hall–Kier alpha value is -4.68. The monoisotopic (exact) mass is 650 g/mol. The first-order valence-electron chi connectivity index (χ1n) is 19.3. The molecule has 0 spiro atoms. The van der Waals surface area contributed by atoms with Crippen LogP contribution in [-0.4, -0.2) is 0 Å². The molecule has 0 amide bonds. The standard InChI is InChI=1S/C50H50/c1-5-27-49(28-6-2)45-31-37(35-15-11-9-12-16-35)19-23-41(45)43-25-21-39(33-47(43)49)40-22-26-44-42-24-20-38(36-17-13-10-14-18-36)32-46(42)50(29-7-3,30-8-4)48(44)34-40/h9-26,31-34H,5-8,27-30H2,1-4H3. The number of hydrogen-bond donors (Lipinski definition) is 0. The van der Waals surface area contributed by atoms with Gasteiger partial charge in [0.2, 0.25) is 0 Å². The van der Waals surface area contributed by atoms with E-state index in [2.05, 4.69) is 161 Å². The van der Waals surface area contributed by atoms with Gasteiger partial charge in [0.15, 0.2) is 0 Å². The molecule has 0 heteroatoms. The minimum absolute atomic E-state index is 0.0317. The van der Waals surface area contributed by atoms with Crippen molar-refractivity contribution in [1.82, 2.24) is 0 Å². The third-order valence-corrected chi connectivity index (χ3v) is 12.0. The van der Waals surface area contributed by atoms with E-state index in [9.17, 15) is 0 Å². The Morgan fingerprint density at radius 1 is 0.300 bits per heavy atom. The van der Waals surface area contributed by atoms with E-state index in [1.165, 1.54) is 104 Å². The van der Waals surface area contributed by atoms with Crippen LogP contribution in [0.1, 0.15) is 101 Å². The third-order valence-electron chi connectivity index (χ3n) is 12.0. The zero-order chi connectivity index (χ0) is 34.3.